The molecule has 0 aliphatic rings. The molecule has 0 aliphatic heterocycles. The van der Waals surface area contributed by atoms with Crippen molar-refractivity contribution in [3.8, 4) is 0 Å². The number of aliphatic hydroxyl groups excluding tert-OH is 1. The molecule has 0 aliphatic carbocycles. The molecule has 0 aromatic carbocycles. The number of hydrogen-bond acceptors (Lipinski definition) is 4. The second-order valence-electron chi connectivity index (χ2n) is 5.69. The Bertz CT molecular complexity index is 320. The van der Waals surface area contributed by atoms with Gasteiger partial charge in [-0.1, -0.05) is 58.8 Å². The van der Waals surface area contributed by atoms with Gasteiger partial charge < -0.3 is 9.66 Å². The van der Waals surface area contributed by atoms with Crippen molar-refractivity contribution in [3.05, 3.63) is 0 Å². The van der Waals surface area contributed by atoms with Crippen molar-refractivity contribution in [2.45, 2.75) is 95.8 Å². The zero-order valence-electron chi connectivity index (χ0n) is 14.0. The van der Waals surface area contributed by atoms with Crippen LogP contribution in [-0.4, -0.2) is 29.4 Å². The van der Waals surface area contributed by atoms with E-state index in [9.17, 15) is 18.1 Å². The Hall–Kier alpha value is 0.870. The van der Waals surface area contributed by atoms with E-state index in [-0.39, 0.29) is 36.0 Å². The van der Waals surface area contributed by atoms with Gasteiger partial charge in [0, 0.05) is 5.25 Å². The topological polar surface area (TPSA) is 77.4 Å². The summed E-state index contributed by atoms with van der Waals surface area (Å²) in [7, 11) is -4.22. The first kappa shape index (κ1) is 24.1. The molecule has 0 amide bonds. The molecule has 0 saturated carbocycles. The number of unbranched alkanes of at least 4 members (excludes halogenated alkanes) is 5. The average molecular weight is 330 g/mol. The summed E-state index contributed by atoms with van der Waals surface area (Å²) in [5, 5.41) is 9.01. The van der Waals surface area contributed by atoms with Crippen LogP contribution in [0.15, 0.2) is 0 Å². The summed E-state index contributed by atoms with van der Waals surface area (Å²) in [6, 6.07) is 0. The minimum absolute atomic E-state index is 0. The van der Waals surface area contributed by atoms with Crippen molar-refractivity contribution < 1.29 is 47.6 Å². The van der Waals surface area contributed by atoms with Crippen molar-refractivity contribution in [1.29, 1.82) is 0 Å². The van der Waals surface area contributed by atoms with Crippen molar-refractivity contribution in [3.63, 3.8) is 0 Å². The Morgan fingerprint density at radius 2 is 1.43 bits per heavy atom. The molecule has 0 aromatic heterocycles. The fraction of sp³-hybridized carbons (Fsp3) is 1.00. The molecule has 0 saturated heterocycles. The predicted octanol–water partition coefficient (Wildman–Crippen LogP) is 0.596. The molecule has 0 aromatic rings. The maximum atomic E-state index is 11.1. The second kappa shape index (κ2) is 14.5. The normalized spacial score (nSPS) is 14.5. The molecule has 0 heterocycles. The molecule has 21 heavy (non-hydrogen) atoms. The molecule has 122 valence electrons. The molecule has 0 radical (unpaired) electrons. The van der Waals surface area contributed by atoms with Crippen molar-refractivity contribution in [2.75, 3.05) is 0 Å². The third-order valence-corrected chi connectivity index (χ3v) is 5.02. The Labute approximate surface area is 153 Å². The third-order valence-electron chi connectivity index (χ3n) is 3.73. The molecule has 6 heteroatoms. The van der Waals surface area contributed by atoms with Crippen LogP contribution in [0, 0.1) is 0 Å². The molecule has 0 rings (SSSR count). The van der Waals surface area contributed by atoms with Crippen LogP contribution >= 0.6 is 0 Å². The van der Waals surface area contributed by atoms with Crippen molar-refractivity contribution in [1.82, 2.24) is 0 Å². The molecule has 0 spiro atoms. The van der Waals surface area contributed by atoms with Gasteiger partial charge in [-0.3, -0.25) is 0 Å². The maximum absolute atomic E-state index is 11.1. The molecule has 1 N–H and O–H groups in total. The van der Waals surface area contributed by atoms with Gasteiger partial charge >= 0.3 is 29.6 Å². The van der Waals surface area contributed by atoms with Crippen LogP contribution in [0.2, 0.25) is 0 Å². The summed E-state index contributed by atoms with van der Waals surface area (Å²) in [6.07, 6.45) is 9.07. The first-order valence-electron chi connectivity index (χ1n) is 8.04. The average Bonchev–Trinajstić information content (AvgIpc) is 2.37. The van der Waals surface area contributed by atoms with Gasteiger partial charge in [-0.15, -0.1) is 0 Å². The summed E-state index contributed by atoms with van der Waals surface area (Å²) < 4.78 is 33.2. The molecule has 0 bridgehead atoms. The van der Waals surface area contributed by atoms with Crippen LogP contribution < -0.4 is 29.6 Å². The number of aliphatic hydroxyl groups is 1. The summed E-state index contributed by atoms with van der Waals surface area (Å²) in [5.41, 5.74) is 0. The van der Waals surface area contributed by atoms with Gasteiger partial charge in [0.15, 0.2) is 0 Å². The molecule has 0 fully saturated rings. The maximum Gasteiger partial charge on any atom is 1.00 e. The van der Waals surface area contributed by atoms with Gasteiger partial charge in [0.1, 0.15) is 0 Å². The Morgan fingerprint density at radius 1 is 0.857 bits per heavy atom. The zero-order chi connectivity index (χ0) is 15.4. The monoisotopic (exact) mass is 330 g/mol. The van der Waals surface area contributed by atoms with E-state index < -0.39 is 21.5 Å². The Balaban J connectivity index is 0. The van der Waals surface area contributed by atoms with E-state index in [1.165, 1.54) is 25.7 Å². The van der Waals surface area contributed by atoms with Crippen LogP contribution in [-0.2, 0) is 10.1 Å². The van der Waals surface area contributed by atoms with Gasteiger partial charge in [-0.25, -0.2) is 8.42 Å². The van der Waals surface area contributed by atoms with Gasteiger partial charge in [0.2, 0.25) is 0 Å². The molecular weight excluding hydrogens is 299 g/mol. The van der Waals surface area contributed by atoms with E-state index in [1.54, 1.807) is 0 Å². The van der Waals surface area contributed by atoms with E-state index in [0.29, 0.717) is 25.7 Å². The Morgan fingerprint density at radius 3 is 1.95 bits per heavy atom. The van der Waals surface area contributed by atoms with E-state index >= 15 is 0 Å². The van der Waals surface area contributed by atoms with Crippen LogP contribution in [0.3, 0.4) is 0 Å². The summed E-state index contributed by atoms with van der Waals surface area (Å²) in [5.74, 6) is 0. The minimum Gasteiger partial charge on any atom is -0.748 e. The molecule has 2 unspecified atom stereocenters. The zero-order valence-corrected chi connectivity index (χ0v) is 16.8. The summed E-state index contributed by atoms with van der Waals surface area (Å²) in [4.78, 5) is 0. The largest absolute Gasteiger partial charge is 1.00 e. The standard InChI is InChI=1S/C15H32O4S.Na/c1-3-5-6-7-8-9-11-14(16)12-13-15(10-4-2)20(17,18)19;/h14-16H,3-13H2,1-2H3,(H,17,18,19);/q;+1/p-1. The van der Waals surface area contributed by atoms with Gasteiger partial charge in [-0.2, -0.15) is 0 Å². The minimum atomic E-state index is -4.22. The molecule has 4 nitrogen and oxygen atoms in total. The smallest absolute Gasteiger partial charge is 0.748 e. The van der Waals surface area contributed by atoms with Crippen LogP contribution in [0.5, 0.6) is 0 Å². The number of rotatable bonds is 13. The van der Waals surface area contributed by atoms with Crippen molar-refractivity contribution >= 4 is 10.1 Å². The predicted molar refractivity (Wildman–Crippen MR) is 81.6 cm³/mol. The van der Waals surface area contributed by atoms with Crippen LogP contribution in [0.4, 0.5) is 0 Å². The van der Waals surface area contributed by atoms with Gasteiger partial charge in [-0.05, 0) is 25.7 Å². The van der Waals surface area contributed by atoms with E-state index in [2.05, 4.69) is 6.92 Å². The van der Waals surface area contributed by atoms with Crippen LogP contribution in [0.25, 0.3) is 0 Å². The summed E-state index contributed by atoms with van der Waals surface area (Å²) >= 11 is 0. The third kappa shape index (κ3) is 14.2. The summed E-state index contributed by atoms with van der Waals surface area (Å²) in [6.45, 7) is 4.05. The first-order chi connectivity index (χ1) is 9.41. The van der Waals surface area contributed by atoms with E-state index in [0.717, 1.165) is 12.8 Å². The fourth-order valence-corrected chi connectivity index (χ4v) is 3.39. The fourth-order valence-electron chi connectivity index (χ4n) is 2.44. The SMILES string of the molecule is CCCCCCCCC(O)CCC(CCC)S(=O)(=O)[O-].[Na+]. The molecule has 2 atom stereocenters. The van der Waals surface area contributed by atoms with Gasteiger partial charge in [0.25, 0.3) is 0 Å². The molecular formula is C15H31NaO4S. The van der Waals surface area contributed by atoms with Crippen molar-refractivity contribution in [2.24, 2.45) is 0 Å². The first-order valence-corrected chi connectivity index (χ1v) is 9.51. The quantitative estimate of drug-likeness (QED) is 0.305. The number of hydrogen-bond donors (Lipinski definition) is 1. The van der Waals surface area contributed by atoms with E-state index in [1.807, 2.05) is 6.92 Å². The van der Waals surface area contributed by atoms with Crippen LogP contribution in [0.1, 0.15) is 84.5 Å². The van der Waals surface area contributed by atoms with E-state index in [4.69, 9.17) is 0 Å². The second-order valence-corrected chi connectivity index (χ2v) is 7.34. The van der Waals surface area contributed by atoms with Gasteiger partial charge in [0.05, 0.1) is 16.2 Å². The Kier molecular flexibility index (Phi) is 16.6.